The molecule has 1 nitrogen and oxygen atoms in total. The number of rotatable bonds is 8. The summed E-state index contributed by atoms with van der Waals surface area (Å²) in [4.78, 5) is 0. The normalized spacial score (nSPS) is 12.7. The first-order chi connectivity index (χ1) is 20.7. The van der Waals surface area contributed by atoms with Gasteiger partial charge in [-0.3, -0.25) is 0 Å². The van der Waals surface area contributed by atoms with Gasteiger partial charge < -0.3 is 4.74 Å². The number of allylic oxidation sites excluding steroid dienone is 4. The Bertz CT molecular complexity index is 1740. The summed E-state index contributed by atoms with van der Waals surface area (Å²) in [7, 11) is 1.71. The topological polar surface area (TPSA) is 9.23 Å². The van der Waals surface area contributed by atoms with Crippen molar-refractivity contribution < 1.29 is 4.74 Å². The van der Waals surface area contributed by atoms with Crippen molar-refractivity contribution >= 4 is 42.5 Å². The first kappa shape index (κ1) is 34.6. The zero-order valence-electron chi connectivity index (χ0n) is 27.7. The smallest absolute Gasteiger partial charge is 0.0760 e. The molecule has 0 aliphatic heterocycles. The number of methoxy groups -OCH3 is 1. The standard InChI is InChI=1S/C35H32.C7H16OS/c1-25-14-18-32(19-15-25)35-23-33(28(4)16-20-30-12-8-6-10-26(30)2)22-34(24-35)29(5)17-21-31-13-9-7-11-27(31)3;1-6(2,8-5)7(3,4)9/h6-24H,2,5H2,1,3-4H3;9H,1-5H3/b21-17-,28-16+,30-20-;. The molecule has 0 aliphatic carbocycles. The fourth-order valence-electron chi connectivity index (χ4n) is 4.27. The number of ether oxygens (including phenoxy) is 1. The van der Waals surface area contributed by atoms with Crippen molar-refractivity contribution in [2.75, 3.05) is 7.11 Å². The summed E-state index contributed by atoms with van der Waals surface area (Å²) in [6.07, 6.45) is 8.58. The van der Waals surface area contributed by atoms with Gasteiger partial charge in [0.2, 0.25) is 0 Å². The number of benzene rings is 4. The van der Waals surface area contributed by atoms with E-state index in [0.717, 1.165) is 21.6 Å². The molecule has 4 aromatic rings. The van der Waals surface area contributed by atoms with Crippen molar-refractivity contribution in [3.8, 4) is 11.1 Å². The lowest BCUT2D eigenvalue weighted by Crippen LogP contribution is -2.42. The number of thiol groups is 1. The van der Waals surface area contributed by atoms with Crippen LogP contribution in [0.25, 0.3) is 41.0 Å². The highest BCUT2D eigenvalue weighted by Crippen LogP contribution is 2.31. The predicted octanol–water partition coefficient (Wildman–Crippen LogP) is 10.1. The Labute approximate surface area is 271 Å². The van der Waals surface area contributed by atoms with Crippen molar-refractivity contribution in [1.29, 1.82) is 0 Å². The van der Waals surface area contributed by atoms with E-state index in [9.17, 15) is 0 Å². The van der Waals surface area contributed by atoms with E-state index in [0.29, 0.717) is 0 Å². The molecule has 0 fully saturated rings. The fraction of sp³-hybridized carbons (Fsp3) is 0.238. The molecule has 0 saturated heterocycles. The molecule has 44 heavy (non-hydrogen) atoms. The van der Waals surface area contributed by atoms with Crippen LogP contribution in [0.1, 0.15) is 62.4 Å². The summed E-state index contributed by atoms with van der Waals surface area (Å²) in [6, 6.07) is 32.0. The first-order valence-electron chi connectivity index (χ1n) is 15.1. The van der Waals surface area contributed by atoms with Gasteiger partial charge in [-0.1, -0.05) is 116 Å². The summed E-state index contributed by atoms with van der Waals surface area (Å²) in [5.41, 5.74) is 10.4. The second-order valence-corrected chi connectivity index (χ2v) is 13.5. The average Bonchev–Trinajstić information content (AvgIpc) is 3.00. The maximum Gasteiger partial charge on any atom is 0.0760 e. The van der Waals surface area contributed by atoms with Gasteiger partial charge >= 0.3 is 0 Å². The lowest BCUT2D eigenvalue weighted by Gasteiger charge is -2.36. The molecule has 0 bridgehead atoms. The van der Waals surface area contributed by atoms with Crippen LogP contribution in [0.15, 0.2) is 110 Å². The zero-order valence-corrected chi connectivity index (χ0v) is 28.6. The van der Waals surface area contributed by atoms with Gasteiger partial charge in [0.15, 0.2) is 0 Å². The molecule has 0 saturated carbocycles. The SMILES string of the molecule is C=C(/C=C\c1ccccc1C)c1cc(/C(C)=C/C=c2/ccccc2=C)cc(-c2ccc(C)cc2)c1.COC(C)(C)C(C)(C)S. The molecule has 4 aromatic carbocycles. The molecule has 0 unspecified atom stereocenters. The second kappa shape index (κ2) is 15.2. The molecular formula is C42H48OS. The van der Waals surface area contributed by atoms with Crippen LogP contribution in [0, 0.1) is 13.8 Å². The highest BCUT2D eigenvalue weighted by atomic mass is 32.1. The van der Waals surface area contributed by atoms with Crippen molar-refractivity contribution in [3.63, 3.8) is 0 Å². The highest BCUT2D eigenvalue weighted by molar-refractivity contribution is 7.81. The Kier molecular flexibility index (Phi) is 12.0. The van der Waals surface area contributed by atoms with Gasteiger partial charge in [-0.25, -0.2) is 0 Å². The van der Waals surface area contributed by atoms with Crippen LogP contribution in [0.2, 0.25) is 0 Å². The monoisotopic (exact) mass is 600 g/mol. The van der Waals surface area contributed by atoms with E-state index >= 15 is 0 Å². The molecule has 0 atom stereocenters. The maximum atomic E-state index is 5.23. The van der Waals surface area contributed by atoms with E-state index in [1.165, 1.54) is 39.0 Å². The molecule has 4 rings (SSSR count). The molecule has 0 spiro atoms. The third-order valence-electron chi connectivity index (χ3n) is 8.35. The van der Waals surface area contributed by atoms with Gasteiger partial charge in [0, 0.05) is 11.9 Å². The molecule has 2 heteroatoms. The Hall–Kier alpha value is -3.85. The van der Waals surface area contributed by atoms with Crippen molar-refractivity contribution in [2.24, 2.45) is 0 Å². The van der Waals surface area contributed by atoms with Crippen LogP contribution in [0.5, 0.6) is 0 Å². The van der Waals surface area contributed by atoms with Gasteiger partial charge in [-0.2, -0.15) is 12.6 Å². The number of aryl methyl sites for hydroxylation is 2. The predicted molar refractivity (Wildman–Crippen MR) is 199 cm³/mol. The number of hydrogen-bond donors (Lipinski definition) is 1. The van der Waals surface area contributed by atoms with Crippen molar-refractivity contribution in [3.05, 3.63) is 148 Å². The summed E-state index contributed by atoms with van der Waals surface area (Å²) >= 11 is 4.39. The third kappa shape index (κ3) is 9.58. The molecule has 228 valence electrons. The van der Waals surface area contributed by atoms with E-state index in [4.69, 9.17) is 4.74 Å². The summed E-state index contributed by atoms with van der Waals surface area (Å²) in [5.74, 6) is 0. The van der Waals surface area contributed by atoms with E-state index in [1.54, 1.807) is 7.11 Å². The van der Waals surface area contributed by atoms with Crippen molar-refractivity contribution in [2.45, 2.75) is 58.8 Å². The Morgan fingerprint density at radius 2 is 1.41 bits per heavy atom. The van der Waals surface area contributed by atoms with Crippen LogP contribution in [0.3, 0.4) is 0 Å². The van der Waals surface area contributed by atoms with Gasteiger partial charge in [0.1, 0.15) is 0 Å². The Balaban J connectivity index is 0.000000512. The second-order valence-electron chi connectivity index (χ2n) is 12.4. The van der Waals surface area contributed by atoms with Gasteiger partial charge in [0.25, 0.3) is 0 Å². The minimum Gasteiger partial charge on any atom is -0.377 e. The van der Waals surface area contributed by atoms with E-state index in [1.807, 2.05) is 45.9 Å². The average molecular weight is 601 g/mol. The lowest BCUT2D eigenvalue weighted by atomic mass is 9.93. The van der Waals surface area contributed by atoms with Crippen LogP contribution in [0.4, 0.5) is 0 Å². The molecule has 0 heterocycles. The quantitative estimate of drug-likeness (QED) is 0.156. The van der Waals surface area contributed by atoms with Crippen molar-refractivity contribution in [1.82, 2.24) is 0 Å². The zero-order chi connectivity index (χ0) is 32.5. The fourth-order valence-corrected chi connectivity index (χ4v) is 4.36. The largest absolute Gasteiger partial charge is 0.377 e. The molecule has 0 aromatic heterocycles. The molecule has 0 aliphatic rings. The summed E-state index contributed by atoms with van der Waals surface area (Å²) < 4.78 is 5.14. The number of hydrogen-bond acceptors (Lipinski definition) is 2. The molecule has 0 N–H and O–H groups in total. The van der Waals surface area contributed by atoms with Gasteiger partial charge in [-0.15, -0.1) is 0 Å². The highest BCUT2D eigenvalue weighted by Gasteiger charge is 2.33. The molecule has 0 amide bonds. The summed E-state index contributed by atoms with van der Waals surface area (Å²) in [6.45, 7) is 23.1. The molecular weight excluding hydrogens is 553 g/mol. The lowest BCUT2D eigenvalue weighted by molar-refractivity contribution is -0.00128. The third-order valence-corrected chi connectivity index (χ3v) is 8.89. The van der Waals surface area contributed by atoms with Crippen LogP contribution in [-0.2, 0) is 4.74 Å². The van der Waals surface area contributed by atoms with Crippen LogP contribution in [-0.4, -0.2) is 17.5 Å². The van der Waals surface area contributed by atoms with Crippen LogP contribution < -0.4 is 10.4 Å². The minimum absolute atomic E-state index is 0.0816. The first-order valence-corrected chi connectivity index (χ1v) is 15.5. The Morgan fingerprint density at radius 1 is 0.795 bits per heavy atom. The van der Waals surface area contributed by atoms with E-state index < -0.39 is 0 Å². The Morgan fingerprint density at radius 3 is 2.00 bits per heavy atom. The summed E-state index contributed by atoms with van der Waals surface area (Å²) in [5, 5.41) is 2.16. The van der Waals surface area contributed by atoms with Gasteiger partial charge in [-0.05, 0) is 122 Å². The minimum atomic E-state index is -0.157. The maximum absolute atomic E-state index is 5.23. The van der Waals surface area contributed by atoms with Crippen LogP contribution >= 0.6 is 12.6 Å². The van der Waals surface area contributed by atoms with E-state index in [2.05, 4.69) is 144 Å². The van der Waals surface area contributed by atoms with E-state index in [-0.39, 0.29) is 10.3 Å². The molecule has 0 radical (unpaired) electrons. The van der Waals surface area contributed by atoms with Gasteiger partial charge in [0.05, 0.1) is 5.60 Å².